The molecular weight excluding hydrogens is 458 g/mol. The van der Waals surface area contributed by atoms with Crippen molar-refractivity contribution in [3.8, 4) is 23.0 Å². The van der Waals surface area contributed by atoms with Gasteiger partial charge in [-0.15, -0.1) is 11.8 Å². The summed E-state index contributed by atoms with van der Waals surface area (Å²) in [6.45, 7) is 3.56. The summed E-state index contributed by atoms with van der Waals surface area (Å²) >= 11 is 5.17. The van der Waals surface area contributed by atoms with Crippen LogP contribution in [0.3, 0.4) is 0 Å². The molecule has 8 heteroatoms. The monoisotopic (exact) mass is 477 g/mol. The van der Waals surface area contributed by atoms with E-state index in [1.807, 2.05) is 42.3 Å². The maximum absolute atomic E-state index is 13.4. The molecule has 0 saturated heterocycles. The van der Waals surface area contributed by atoms with Crippen molar-refractivity contribution in [3.63, 3.8) is 0 Å². The molecule has 0 saturated carbocycles. The van der Waals surface area contributed by atoms with Crippen molar-refractivity contribution < 1.29 is 23.7 Å². The van der Waals surface area contributed by atoms with Crippen molar-refractivity contribution in [2.45, 2.75) is 24.6 Å². The number of carbonyl (C=O) groups excluding carboxylic acids is 1. The molecule has 6 nitrogen and oxygen atoms in total. The molecule has 1 unspecified atom stereocenters. The highest BCUT2D eigenvalue weighted by atomic mass is 79.9. The van der Waals surface area contributed by atoms with Crippen molar-refractivity contribution in [1.29, 1.82) is 0 Å². The molecule has 2 aromatic rings. The van der Waals surface area contributed by atoms with Crippen LogP contribution in [0.1, 0.15) is 23.6 Å². The fourth-order valence-electron chi connectivity index (χ4n) is 4.10. The molecular formula is C21H20BrNO5S. The van der Waals surface area contributed by atoms with E-state index in [1.54, 1.807) is 11.8 Å². The second kappa shape index (κ2) is 7.02. The molecule has 5 rings (SSSR count). The first-order valence-corrected chi connectivity index (χ1v) is 11.4. The van der Waals surface area contributed by atoms with Gasteiger partial charge in [0.05, 0.1) is 0 Å². The fourth-order valence-corrected chi connectivity index (χ4v) is 5.33. The van der Waals surface area contributed by atoms with Gasteiger partial charge in [0.25, 0.3) is 0 Å². The van der Waals surface area contributed by atoms with Gasteiger partial charge in [-0.1, -0.05) is 22.0 Å². The van der Waals surface area contributed by atoms with Gasteiger partial charge >= 0.3 is 0 Å². The zero-order chi connectivity index (χ0) is 20.2. The minimum Gasteiger partial charge on any atom is -0.454 e. The average Bonchev–Trinajstić information content (AvgIpc) is 3.38. The summed E-state index contributed by atoms with van der Waals surface area (Å²) in [5.41, 5.74) is 3.14. The third-order valence-corrected chi connectivity index (χ3v) is 7.75. The van der Waals surface area contributed by atoms with E-state index in [9.17, 15) is 4.79 Å². The highest BCUT2D eigenvalue weighted by Crippen LogP contribution is 2.49. The predicted molar refractivity (Wildman–Crippen MR) is 113 cm³/mol. The molecule has 3 heterocycles. The zero-order valence-electron chi connectivity index (χ0n) is 16.1. The molecule has 0 N–H and O–H groups in total. The van der Waals surface area contributed by atoms with Gasteiger partial charge in [-0.05, 0) is 48.9 Å². The molecule has 29 heavy (non-hydrogen) atoms. The maximum atomic E-state index is 13.4. The summed E-state index contributed by atoms with van der Waals surface area (Å²) in [6.07, 6.45) is 2.68. The number of hydrogen-bond donors (Lipinski definition) is 0. The van der Waals surface area contributed by atoms with Crippen molar-refractivity contribution in [1.82, 2.24) is 4.90 Å². The van der Waals surface area contributed by atoms with E-state index in [0.717, 1.165) is 44.2 Å². The van der Waals surface area contributed by atoms with Crippen LogP contribution in [0.25, 0.3) is 0 Å². The van der Waals surface area contributed by atoms with Crippen LogP contribution in [0.5, 0.6) is 23.0 Å². The van der Waals surface area contributed by atoms with Gasteiger partial charge in [-0.25, -0.2) is 0 Å². The van der Waals surface area contributed by atoms with E-state index in [4.69, 9.17) is 18.9 Å². The zero-order valence-corrected chi connectivity index (χ0v) is 18.5. The van der Waals surface area contributed by atoms with Gasteiger partial charge in [0, 0.05) is 23.1 Å². The van der Waals surface area contributed by atoms with Crippen molar-refractivity contribution in [2.24, 2.45) is 0 Å². The number of carbonyl (C=O) groups is 1. The number of nitrogens with zero attached hydrogens (tertiary/aromatic N) is 1. The van der Waals surface area contributed by atoms with E-state index in [0.29, 0.717) is 19.5 Å². The molecule has 2 aromatic carbocycles. The molecule has 1 atom stereocenters. The summed E-state index contributed by atoms with van der Waals surface area (Å²) in [4.78, 5) is 15.3. The Morgan fingerprint density at radius 2 is 1.83 bits per heavy atom. The van der Waals surface area contributed by atoms with E-state index >= 15 is 0 Å². The van der Waals surface area contributed by atoms with E-state index in [2.05, 4.69) is 15.9 Å². The van der Waals surface area contributed by atoms with Crippen LogP contribution >= 0.6 is 27.7 Å². The van der Waals surface area contributed by atoms with Crippen molar-refractivity contribution in [2.75, 3.05) is 26.4 Å². The minimum atomic E-state index is -0.652. The first-order chi connectivity index (χ1) is 14.0. The smallest absolute Gasteiger partial charge is 0.243 e. The standard InChI is InChI=1S/C21H20BrNO5S/c1-21(29-2)14-3-4-16-19(28-11-25-16)13(14)9-23(20(21)24)6-5-12-7-17-18(8-15(12)22)27-10-26-17/h3-4,7-8H,5-6,9-11H2,1-2H3. The number of rotatable bonds is 4. The Balaban J connectivity index is 1.45. The molecule has 0 aliphatic carbocycles. The van der Waals surface area contributed by atoms with Crippen LogP contribution in [0.15, 0.2) is 28.7 Å². The second-order valence-electron chi connectivity index (χ2n) is 7.34. The first-order valence-electron chi connectivity index (χ1n) is 9.36. The Bertz CT molecular complexity index is 1010. The average molecular weight is 478 g/mol. The molecule has 1 amide bonds. The van der Waals surface area contributed by atoms with Crippen molar-refractivity contribution in [3.05, 3.63) is 45.4 Å². The Morgan fingerprint density at radius 1 is 1.10 bits per heavy atom. The van der Waals surface area contributed by atoms with Crippen LogP contribution in [0, 0.1) is 0 Å². The summed E-state index contributed by atoms with van der Waals surface area (Å²) in [7, 11) is 0. The summed E-state index contributed by atoms with van der Waals surface area (Å²) in [6, 6.07) is 7.82. The molecule has 0 spiro atoms. The Hall–Kier alpha value is -2.06. The lowest BCUT2D eigenvalue weighted by Gasteiger charge is -2.40. The van der Waals surface area contributed by atoms with Crippen LogP contribution in [-0.4, -0.2) is 37.2 Å². The van der Waals surface area contributed by atoms with E-state index in [1.165, 1.54) is 0 Å². The van der Waals surface area contributed by atoms with Crippen LogP contribution in [-0.2, 0) is 22.5 Å². The van der Waals surface area contributed by atoms with E-state index < -0.39 is 4.75 Å². The quantitative estimate of drug-likeness (QED) is 0.661. The highest BCUT2D eigenvalue weighted by molar-refractivity contribution is 9.10. The summed E-state index contributed by atoms with van der Waals surface area (Å²) < 4.78 is 22.5. The fraction of sp³-hybridized carbons (Fsp3) is 0.381. The van der Waals surface area contributed by atoms with Gasteiger partial charge in [0.1, 0.15) is 4.75 Å². The van der Waals surface area contributed by atoms with Gasteiger partial charge in [-0.2, -0.15) is 0 Å². The third-order valence-electron chi connectivity index (χ3n) is 5.80. The van der Waals surface area contributed by atoms with Gasteiger partial charge in [-0.3, -0.25) is 4.79 Å². The van der Waals surface area contributed by atoms with E-state index in [-0.39, 0.29) is 19.5 Å². The molecule has 0 fully saturated rings. The lowest BCUT2D eigenvalue weighted by atomic mass is 9.88. The molecule has 152 valence electrons. The Kier molecular flexibility index (Phi) is 4.58. The van der Waals surface area contributed by atoms with Gasteiger partial charge in [0.15, 0.2) is 23.0 Å². The van der Waals surface area contributed by atoms with Crippen molar-refractivity contribution >= 4 is 33.6 Å². The third kappa shape index (κ3) is 2.95. The topological polar surface area (TPSA) is 57.2 Å². The number of hydrogen-bond acceptors (Lipinski definition) is 6. The summed E-state index contributed by atoms with van der Waals surface area (Å²) in [5.74, 6) is 3.12. The minimum absolute atomic E-state index is 0.119. The number of halogens is 1. The molecule has 3 aliphatic rings. The molecule has 0 bridgehead atoms. The number of fused-ring (bicyclic) bond motifs is 4. The highest BCUT2D eigenvalue weighted by Gasteiger charge is 2.45. The second-order valence-corrected chi connectivity index (χ2v) is 9.42. The van der Waals surface area contributed by atoms with Gasteiger partial charge < -0.3 is 23.8 Å². The predicted octanol–water partition coefficient (Wildman–Crippen LogP) is 4.07. The normalized spacial score (nSPS) is 21.5. The Labute approximate surface area is 181 Å². The Morgan fingerprint density at radius 3 is 2.62 bits per heavy atom. The SMILES string of the molecule is CSC1(C)C(=O)N(CCc2cc3c(cc2Br)OCO3)Cc2c1ccc1c2OCO1. The maximum Gasteiger partial charge on any atom is 0.243 e. The van der Waals surface area contributed by atoms with Crippen LogP contribution in [0.2, 0.25) is 0 Å². The number of thioether (sulfide) groups is 1. The van der Waals surface area contributed by atoms with Crippen LogP contribution < -0.4 is 18.9 Å². The summed E-state index contributed by atoms with van der Waals surface area (Å²) in [5, 5.41) is 0. The first kappa shape index (κ1) is 18.9. The molecule has 0 radical (unpaired) electrons. The number of amides is 1. The van der Waals surface area contributed by atoms with Crippen LogP contribution in [0.4, 0.5) is 0 Å². The lowest BCUT2D eigenvalue weighted by molar-refractivity contribution is -0.135. The number of ether oxygens (including phenoxy) is 4. The number of benzene rings is 2. The largest absolute Gasteiger partial charge is 0.454 e. The molecule has 3 aliphatic heterocycles. The lowest BCUT2D eigenvalue weighted by Crippen LogP contribution is -2.48. The molecule has 0 aromatic heterocycles. The van der Waals surface area contributed by atoms with Gasteiger partial charge in [0.2, 0.25) is 19.5 Å².